The number of anilines is 1. The minimum absolute atomic E-state index is 0.0124. The molecule has 0 radical (unpaired) electrons. The predicted octanol–water partition coefficient (Wildman–Crippen LogP) is 1.46. The summed E-state index contributed by atoms with van der Waals surface area (Å²) in [6.07, 6.45) is 0.779. The second-order valence-corrected chi connectivity index (χ2v) is 6.47. The summed E-state index contributed by atoms with van der Waals surface area (Å²) in [7, 11) is -1.78. The Kier molecular flexibility index (Phi) is 6.27. The summed E-state index contributed by atoms with van der Waals surface area (Å²) in [6, 6.07) is 7.26. The van der Waals surface area contributed by atoms with Crippen molar-refractivity contribution < 1.29 is 13.2 Å². The van der Waals surface area contributed by atoms with E-state index in [-0.39, 0.29) is 12.4 Å². The zero-order chi connectivity index (χ0) is 14.3. The standard InChI is InChI=1S/C13H22N2O3S/c1-3-8-15(19(16,17)10-9-18-2)11-12-4-6-13(14)7-5-12/h4-7H,3,8-11,14H2,1-2H3. The highest BCUT2D eigenvalue weighted by Gasteiger charge is 2.21. The van der Waals surface area contributed by atoms with Crippen LogP contribution in [0.5, 0.6) is 0 Å². The van der Waals surface area contributed by atoms with Crippen LogP contribution in [-0.2, 0) is 21.3 Å². The molecule has 0 amide bonds. The Bertz CT molecular complexity index is 471. The fraction of sp³-hybridized carbons (Fsp3) is 0.538. The first kappa shape index (κ1) is 15.9. The van der Waals surface area contributed by atoms with Crippen LogP contribution in [0.25, 0.3) is 0 Å². The summed E-state index contributed by atoms with van der Waals surface area (Å²) < 4.78 is 30.7. The number of benzene rings is 1. The summed E-state index contributed by atoms with van der Waals surface area (Å²) >= 11 is 0. The smallest absolute Gasteiger partial charge is 0.216 e. The molecule has 5 nitrogen and oxygen atoms in total. The zero-order valence-corrected chi connectivity index (χ0v) is 12.3. The van der Waals surface area contributed by atoms with Crippen LogP contribution in [0.2, 0.25) is 0 Å². The molecule has 6 heteroatoms. The van der Waals surface area contributed by atoms with Gasteiger partial charge in [0.1, 0.15) is 0 Å². The van der Waals surface area contributed by atoms with Crippen LogP contribution in [-0.4, -0.2) is 38.7 Å². The summed E-state index contributed by atoms with van der Waals surface area (Å²) in [5.74, 6) is 0.0124. The lowest BCUT2D eigenvalue weighted by Gasteiger charge is -2.21. The van der Waals surface area contributed by atoms with Crippen molar-refractivity contribution in [3.8, 4) is 0 Å². The molecule has 1 aromatic rings. The highest BCUT2D eigenvalue weighted by Crippen LogP contribution is 2.12. The first-order valence-corrected chi connectivity index (χ1v) is 7.91. The first-order chi connectivity index (χ1) is 8.99. The molecule has 108 valence electrons. The number of sulfonamides is 1. The van der Waals surface area contributed by atoms with Crippen molar-refractivity contribution in [1.82, 2.24) is 4.31 Å². The van der Waals surface area contributed by atoms with Gasteiger partial charge in [-0.15, -0.1) is 0 Å². The lowest BCUT2D eigenvalue weighted by Crippen LogP contribution is -2.34. The van der Waals surface area contributed by atoms with E-state index in [1.165, 1.54) is 11.4 Å². The van der Waals surface area contributed by atoms with Crippen molar-refractivity contribution in [2.75, 3.05) is 31.7 Å². The average Bonchev–Trinajstić information content (AvgIpc) is 2.38. The predicted molar refractivity (Wildman–Crippen MR) is 77.2 cm³/mol. The van der Waals surface area contributed by atoms with Crippen LogP contribution in [0, 0.1) is 0 Å². The van der Waals surface area contributed by atoms with Gasteiger partial charge in [0.15, 0.2) is 0 Å². The molecule has 0 spiro atoms. The van der Waals surface area contributed by atoms with E-state index in [1.54, 1.807) is 12.1 Å². The van der Waals surface area contributed by atoms with E-state index in [9.17, 15) is 8.42 Å². The molecule has 0 aliphatic heterocycles. The van der Waals surface area contributed by atoms with Crippen molar-refractivity contribution in [1.29, 1.82) is 0 Å². The van der Waals surface area contributed by atoms with E-state index in [0.29, 0.717) is 18.8 Å². The molecule has 0 saturated carbocycles. The molecule has 0 aliphatic rings. The van der Waals surface area contributed by atoms with Crippen molar-refractivity contribution >= 4 is 15.7 Å². The summed E-state index contributed by atoms with van der Waals surface area (Å²) in [6.45, 7) is 3.06. The molecule has 0 heterocycles. The number of hydrogen-bond acceptors (Lipinski definition) is 4. The van der Waals surface area contributed by atoms with Crippen LogP contribution < -0.4 is 5.73 Å². The maximum atomic E-state index is 12.2. The molecule has 0 atom stereocenters. The molecule has 2 N–H and O–H groups in total. The Morgan fingerprint density at radius 1 is 1.26 bits per heavy atom. The Balaban J connectivity index is 2.79. The molecule has 0 aliphatic carbocycles. The average molecular weight is 286 g/mol. The van der Waals surface area contributed by atoms with E-state index in [0.717, 1.165) is 12.0 Å². The van der Waals surface area contributed by atoms with Crippen LogP contribution in [0.15, 0.2) is 24.3 Å². The summed E-state index contributed by atoms with van der Waals surface area (Å²) in [5.41, 5.74) is 7.23. The number of methoxy groups -OCH3 is 1. The second-order valence-electron chi connectivity index (χ2n) is 4.38. The normalized spacial score (nSPS) is 11.9. The van der Waals surface area contributed by atoms with Gasteiger partial charge in [-0.25, -0.2) is 8.42 Å². The summed E-state index contributed by atoms with van der Waals surface area (Å²) in [4.78, 5) is 0. The van der Waals surface area contributed by atoms with Gasteiger partial charge in [-0.2, -0.15) is 4.31 Å². The van der Waals surface area contributed by atoms with Crippen molar-refractivity contribution in [2.24, 2.45) is 0 Å². The van der Waals surface area contributed by atoms with Gasteiger partial charge in [0, 0.05) is 25.9 Å². The van der Waals surface area contributed by atoms with Crippen molar-refractivity contribution in [3.63, 3.8) is 0 Å². The van der Waals surface area contributed by atoms with E-state index < -0.39 is 10.0 Å². The molecule has 0 fully saturated rings. The first-order valence-electron chi connectivity index (χ1n) is 6.30. The third kappa shape index (κ3) is 5.18. The number of nitrogens with two attached hydrogens (primary N) is 1. The largest absolute Gasteiger partial charge is 0.399 e. The van der Waals surface area contributed by atoms with Gasteiger partial charge in [-0.3, -0.25) is 0 Å². The van der Waals surface area contributed by atoms with E-state index in [1.807, 2.05) is 19.1 Å². The van der Waals surface area contributed by atoms with Crippen molar-refractivity contribution in [3.05, 3.63) is 29.8 Å². The van der Waals surface area contributed by atoms with Crippen molar-refractivity contribution in [2.45, 2.75) is 19.9 Å². The van der Waals surface area contributed by atoms with Crippen LogP contribution >= 0.6 is 0 Å². The maximum Gasteiger partial charge on any atom is 0.216 e. The van der Waals surface area contributed by atoms with Crippen LogP contribution in [0.4, 0.5) is 5.69 Å². The van der Waals surface area contributed by atoms with Gasteiger partial charge >= 0.3 is 0 Å². The number of nitrogen functional groups attached to an aromatic ring is 1. The lowest BCUT2D eigenvalue weighted by molar-refractivity contribution is 0.215. The lowest BCUT2D eigenvalue weighted by atomic mass is 10.2. The minimum Gasteiger partial charge on any atom is -0.399 e. The second kappa shape index (κ2) is 7.47. The molecule has 0 aromatic heterocycles. The van der Waals surface area contributed by atoms with E-state index in [4.69, 9.17) is 10.5 Å². The number of nitrogens with zero attached hydrogens (tertiary/aromatic N) is 1. The molecular formula is C13H22N2O3S. The molecular weight excluding hydrogens is 264 g/mol. The Labute approximate surface area is 115 Å². The topological polar surface area (TPSA) is 72.6 Å². The monoisotopic (exact) mass is 286 g/mol. The Hall–Kier alpha value is -1.11. The van der Waals surface area contributed by atoms with Crippen LogP contribution in [0.1, 0.15) is 18.9 Å². The van der Waals surface area contributed by atoms with Gasteiger partial charge in [0.2, 0.25) is 10.0 Å². The number of rotatable bonds is 8. The molecule has 1 aromatic carbocycles. The fourth-order valence-electron chi connectivity index (χ4n) is 1.71. The molecule has 0 bridgehead atoms. The number of ether oxygens (including phenoxy) is 1. The third-order valence-corrected chi connectivity index (χ3v) is 4.53. The van der Waals surface area contributed by atoms with Crippen LogP contribution in [0.3, 0.4) is 0 Å². The highest BCUT2D eigenvalue weighted by atomic mass is 32.2. The zero-order valence-electron chi connectivity index (χ0n) is 11.5. The van der Waals surface area contributed by atoms with Gasteiger partial charge < -0.3 is 10.5 Å². The van der Waals surface area contributed by atoms with Gasteiger partial charge in [0.05, 0.1) is 12.4 Å². The minimum atomic E-state index is -3.28. The van der Waals surface area contributed by atoms with E-state index in [2.05, 4.69) is 0 Å². The molecule has 0 unspecified atom stereocenters. The highest BCUT2D eigenvalue weighted by molar-refractivity contribution is 7.89. The fourth-order valence-corrected chi connectivity index (χ4v) is 3.15. The van der Waals surface area contributed by atoms with E-state index >= 15 is 0 Å². The third-order valence-electron chi connectivity index (χ3n) is 2.75. The quantitative estimate of drug-likeness (QED) is 0.734. The maximum absolute atomic E-state index is 12.2. The van der Waals surface area contributed by atoms with Gasteiger partial charge in [-0.05, 0) is 24.1 Å². The number of hydrogen-bond donors (Lipinski definition) is 1. The SMILES string of the molecule is CCCN(Cc1ccc(N)cc1)S(=O)(=O)CCOC. The molecule has 19 heavy (non-hydrogen) atoms. The summed E-state index contributed by atoms with van der Waals surface area (Å²) in [5, 5.41) is 0. The molecule has 1 rings (SSSR count). The van der Waals surface area contributed by atoms with Gasteiger partial charge in [-0.1, -0.05) is 19.1 Å². The molecule has 0 saturated heterocycles. The Morgan fingerprint density at radius 3 is 2.42 bits per heavy atom. The Morgan fingerprint density at radius 2 is 1.89 bits per heavy atom. The van der Waals surface area contributed by atoms with Gasteiger partial charge in [0.25, 0.3) is 0 Å².